The number of fused-ring (bicyclic) bond motifs is 5. The van der Waals surface area contributed by atoms with Gasteiger partial charge in [-0.05, 0) is 90.5 Å². The van der Waals surface area contributed by atoms with Gasteiger partial charge in [0.2, 0.25) is 0 Å². The minimum Gasteiger partial charge on any atom is -0.497 e. The summed E-state index contributed by atoms with van der Waals surface area (Å²) in [6.45, 7) is 13.4. The van der Waals surface area contributed by atoms with Crippen LogP contribution in [0.2, 0.25) is 18.1 Å². The molecule has 40 heavy (non-hydrogen) atoms. The highest BCUT2D eigenvalue weighted by Crippen LogP contribution is 2.71. The lowest BCUT2D eigenvalue weighted by atomic mass is 9.52. The average Bonchev–Trinajstić information content (AvgIpc) is 3.72. The third-order valence-electron chi connectivity index (χ3n) is 10.3. The first-order valence-corrected chi connectivity index (χ1v) is 17.4. The van der Waals surface area contributed by atoms with Gasteiger partial charge in [0.1, 0.15) is 12.4 Å². The number of methoxy groups -OCH3 is 2. The highest BCUT2D eigenvalue weighted by molar-refractivity contribution is 6.74. The first-order chi connectivity index (χ1) is 18.9. The molecule has 7 heteroatoms. The van der Waals surface area contributed by atoms with E-state index >= 15 is 0 Å². The van der Waals surface area contributed by atoms with Crippen LogP contribution < -0.4 is 4.74 Å². The molecule has 2 aromatic carbocycles. The Morgan fingerprint density at radius 1 is 1.07 bits per heavy atom. The van der Waals surface area contributed by atoms with Crippen LogP contribution >= 0.6 is 0 Å². The van der Waals surface area contributed by atoms with Crippen LogP contribution in [0.5, 0.6) is 5.75 Å². The van der Waals surface area contributed by atoms with Gasteiger partial charge in [0, 0.05) is 5.92 Å². The number of benzene rings is 2. The Kier molecular flexibility index (Phi) is 7.45. The molecule has 6 nitrogen and oxygen atoms in total. The molecule has 0 N–H and O–H groups in total. The lowest BCUT2D eigenvalue weighted by Gasteiger charge is -2.53. The number of rotatable bonds is 7. The second-order valence-corrected chi connectivity index (χ2v) is 18.3. The zero-order valence-corrected chi connectivity index (χ0v) is 26.2. The van der Waals surface area contributed by atoms with Gasteiger partial charge in [-0.3, -0.25) is 9.59 Å². The standard InChI is InChI=1S/C33H44O6Si/c1-20-16-23(36-5)17-22-14-15-33(31(35)37-6)25-18-24(25)29(39-40(7,8)32(2,3)4)27(28(33)26(20)22)30(34)38-19-21-12-10-9-11-13-21/h9-13,16-17,24-25,27-29H,14-15,18-19H2,1-8H3/t24-,25+,27+,28+,29-,33+/m1/s1. The minimum absolute atomic E-state index is 0.0273. The quantitative estimate of drug-likeness (QED) is 0.279. The smallest absolute Gasteiger partial charge is 0.312 e. The molecule has 6 atom stereocenters. The minimum atomic E-state index is -2.26. The molecule has 0 spiro atoms. The van der Waals surface area contributed by atoms with Crippen LogP contribution in [-0.2, 0) is 36.5 Å². The monoisotopic (exact) mass is 564 g/mol. The van der Waals surface area contributed by atoms with Gasteiger partial charge in [0.25, 0.3) is 0 Å². The van der Waals surface area contributed by atoms with E-state index in [1.165, 1.54) is 7.11 Å². The maximum atomic E-state index is 14.4. The summed E-state index contributed by atoms with van der Waals surface area (Å²) in [6.07, 6.45) is 1.92. The van der Waals surface area contributed by atoms with Crippen LogP contribution in [0.25, 0.3) is 0 Å². The first kappa shape index (κ1) is 28.9. The van der Waals surface area contributed by atoms with Crippen LogP contribution in [0, 0.1) is 30.1 Å². The average molecular weight is 565 g/mol. The van der Waals surface area contributed by atoms with E-state index in [9.17, 15) is 9.59 Å². The Morgan fingerprint density at radius 2 is 1.77 bits per heavy atom. The van der Waals surface area contributed by atoms with Gasteiger partial charge in [0.05, 0.1) is 31.7 Å². The highest BCUT2D eigenvalue weighted by Gasteiger charge is 2.73. The summed E-state index contributed by atoms with van der Waals surface area (Å²) in [7, 11) is 0.884. The Labute approximate surface area is 239 Å². The summed E-state index contributed by atoms with van der Waals surface area (Å²) in [6, 6.07) is 13.8. The number of ether oxygens (including phenoxy) is 3. The molecule has 0 bridgehead atoms. The van der Waals surface area contributed by atoms with Gasteiger partial charge in [-0.2, -0.15) is 0 Å². The summed E-state index contributed by atoms with van der Waals surface area (Å²) in [5, 5.41) is -0.0273. The molecule has 0 amide bonds. The summed E-state index contributed by atoms with van der Waals surface area (Å²) < 4.78 is 24.4. The molecule has 2 saturated carbocycles. The predicted octanol–water partition coefficient (Wildman–Crippen LogP) is 6.59. The number of esters is 2. The Morgan fingerprint density at radius 3 is 2.40 bits per heavy atom. The molecule has 0 heterocycles. The van der Waals surface area contributed by atoms with Crippen molar-refractivity contribution in [2.45, 2.75) is 83.7 Å². The molecule has 0 aliphatic heterocycles. The van der Waals surface area contributed by atoms with Crippen LogP contribution in [0.3, 0.4) is 0 Å². The van der Waals surface area contributed by atoms with Crippen molar-refractivity contribution < 1.29 is 28.2 Å². The third-order valence-corrected chi connectivity index (χ3v) is 14.8. The molecule has 0 unspecified atom stereocenters. The predicted molar refractivity (Wildman–Crippen MR) is 157 cm³/mol. The molecule has 0 radical (unpaired) electrons. The van der Waals surface area contributed by atoms with Crippen LogP contribution in [-0.4, -0.2) is 40.6 Å². The molecule has 3 aliphatic rings. The fourth-order valence-corrected chi connectivity index (χ4v) is 8.60. The van der Waals surface area contributed by atoms with Crippen molar-refractivity contribution in [3.8, 4) is 5.75 Å². The van der Waals surface area contributed by atoms with Crippen molar-refractivity contribution in [3.05, 3.63) is 64.7 Å². The number of carbonyl (C=O) groups excluding carboxylic acids is 2. The second kappa shape index (κ2) is 10.3. The molecular weight excluding hydrogens is 520 g/mol. The number of carbonyl (C=O) groups is 2. The molecule has 0 aromatic heterocycles. The Hall–Kier alpha value is -2.64. The second-order valence-electron chi connectivity index (χ2n) is 13.5. The van der Waals surface area contributed by atoms with Gasteiger partial charge in [-0.25, -0.2) is 0 Å². The summed E-state index contributed by atoms with van der Waals surface area (Å²) in [5.41, 5.74) is 3.37. The largest absolute Gasteiger partial charge is 0.497 e. The van der Waals surface area contributed by atoms with Gasteiger partial charge < -0.3 is 18.6 Å². The van der Waals surface area contributed by atoms with Crippen LogP contribution in [0.4, 0.5) is 0 Å². The zero-order valence-electron chi connectivity index (χ0n) is 25.2. The maximum absolute atomic E-state index is 14.4. The summed E-state index contributed by atoms with van der Waals surface area (Å²) in [5.74, 6) is -0.481. The van der Waals surface area contributed by atoms with Crippen molar-refractivity contribution in [1.29, 1.82) is 0 Å². The number of hydrogen-bond donors (Lipinski definition) is 0. The van der Waals surface area contributed by atoms with Crippen molar-refractivity contribution in [1.82, 2.24) is 0 Å². The van der Waals surface area contributed by atoms with E-state index < -0.39 is 25.6 Å². The lowest BCUT2D eigenvalue weighted by Crippen LogP contribution is -2.58. The molecule has 5 rings (SSSR count). The SMILES string of the molecule is COC(=O)[C@]12CCc3cc(OC)cc(C)c3[C@H]1[C@H](C(=O)OCc1ccccc1)[C@H](O[Si](C)(C)C(C)(C)C)[C@@H]1C[C@@H]12. The zero-order chi connectivity index (χ0) is 29.0. The normalized spacial score (nSPS) is 28.9. The van der Waals surface area contributed by atoms with Crippen molar-refractivity contribution in [2.75, 3.05) is 14.2 Å². The molecule has 2 fully saturated rings. The lowest BCUT2D eigenvalue weighted by molar-refractivity contribution is -0.172. The molecule has 216 valence electrons. The number of aryl methyl sites for hydroxylation is 2. The maximum Gasteiger partial charge on any atom is 0.312 e. The van der Waals surface area contributed by atoms with E-state index in [1.807, 2.05) is 36.4 Å². The molecule has 3 aliphatic carbocycles. The summed E-state index contributed by atoms with van der Waals surface area (Å²) >= 11 is 0. The topological polar surface area (TPSA) is 71.1 Å². The third kappa shape index (κ3) is 4.69. The fraction of sp³-hybridized carbons (Fsp3) is 0.576. The fourth-order valence-electron chi connectivity index (χ4n) is 7.25. The van der Waals surface area contributed by atoms with E-state index in [1.54, 1.807) is 7.11 Å². The molecule has 2 aromatic rings. The van der Waals surface area contributed by atoms with E-state index in [0.29, 0.717) is 6.42 Å². The molecular formula is C33H44O6Si. The van der Waals surface area contributed by atoms with Crippen LogP contribution in [0.15, 0.2) is 42.5 Å². The van der Waals surface area contributed by atoms with E-state index in [-0.39, 0.29) is 41.5 Å². The number of hydrogen-bond acceptors (Lipinski definition) is 6. The van der Waals surface area contributed by atoms with E-state index in [0.717, 1.165) is 40.8 Å². The van der Waals surface area contributed by atoms with Crippen molar-refractivity contribution in [2.24, 2.45) is 23.2 Å². The van der Waals surface area contributed by atoms with Gasteiger partial charge in [-0.15, -0.1) is 0 Å². The summed E-state index contributed by atoms with van der Waals surface area (Å²) in [4.78, 5) is 28.2. The first-order valence-electron chi connectivity index (χ1n) is 14.5. The van der Waals surface area contributed by atoms with Gasteiger partial charge in [0.15, 0.2) is 8.32 Å². The van der Waals surface area contributed by atoms with E-state index in [2.05, 4.69) is 46.9 Å². The van der Waals surface area contributed by atoms with Gasteiger partial charge >= 0.3 is 11.9 Å². The van der Waals surface area contributed by atoms with Crippen molar-refractivity contribution >= 4 is 20.3 Å². The van der Waals surface area contributed by atoms with Crippen molar-refractivity contribution in [3.63, 3.8) is 0 Å². The molecule has 0 saturated heterocycles. The Balaban J connectivity index is 1.66. The van der Waals surface area contributed by atoms with E-state index in [4.69, 9.17) is 18.6 Å². The highest BCUT2D eigenvalue weighted by atomic mass is 28.4. The van der Waals surface area contributed by atoms with Gasteiger partial charge in [-0.1, -0.05) is 51.1 Å². The Bertz CT molecular complexity index is 1280. The van der Waals surface area contributed by atoms with Crippen LogP contribution in [0.1, 0.15) is 61.8 Å².